The van der Waals surface area contributed by atoms with E-state index in [1.807, 2.05) is 6.92 Å². The fraction of sp³-hybridized carbons (Fsp3) is 0.286. The first-order valence-corrected chi connectivity index (χ1v) is 5.97. The van der Waals surface area contributed by atoms with Crippen molar-refractivity contribution in [3.63, 3.8) is 0 Å². The van der Waals surface area contributed by atoms with Crippen LogP contribution >= 0.6 is 0 Å². The Hall–Kier alpha value is -1.72. The van der Waals surface area contributed by atoms with Gasteiger partial charge in [0.2, 0.25) is 0 Å². The summed E-state index contributed by atoms with van der Waals surface area (Å²) in [5.41, 5.74) is -0.0563. The lowest BCUT2D eigenvalue weighted by Gasteiger charge is -2.16. The van der Waals surface area contributed by atoms with E-state index in [-0.39, 0.29) is 18.2 Å². The Bertz CT molecular complexity index is 528. The molecule has 102 valence electrons. The van der Waals surface area contributed by atoms with Crippen LogP contribution in [0.5, 0.6) is 0 Å². The van der Waals surface area contributed by atoms with Gasteiger partial charge in [-0.1, -0.05) is 0 Å². The van der Waals surface area contributed by atoms with Crippen molar-refractivity contribution in [2.45, 2.75) is 19.1 Å². The minimum Gasteiger partial charge on any atom is -0.468 e. The van der Waals surface area contributed by atoms with Gasteiger partial charge in [-0.2, -0.15) is 0 Å². The third-order valence-corrected chi connectivity index (χ3v) is 2.90. The highest BCUT2D eigenvalue weighted by atomic mass is 19.1. The second-order valence-corrected chi connectivity index (χ2v) is 4.33. The molecule has 0 spiro atoms. The summed E-state index contributed by atoms with van der Waals surface area (Å²) in [5, 5.41) is 12.9. The largest absolute Gasteiger partial charge is 0.468 e. The van der Waals surface area contributed by atoms with E-state index in [4.69, 9.17) is 4.42 Å². The van der Waals surface area contributed by atoms with Crippen LogP contribution in [0.2, 0.25) is 0 Å². The topological polar surface area (TPSA) is 45.4 Å². The van der Waals surface area contributed by atoms with E-state index >= 15 is 0 Å². The molecule has 0 radical (unpaired) electrons. The second-order valence-electron chi connectivity index (χ2n) is 4.33. The van der Waals surface area contributed by atoms with Gasteiger partial charge in [-0.15, -0.1) is 0 Å². The molecule has 0 fully saturated rings. The third-order valence-electron chi connectivity index (χ3n) is 2.90. The van der Waals surface area contributed by atoms with Gasteiger partial charge in [0.15, 0.2) is 0 Å². The van der Waals surface area contributed by atoms with E-state index in [2.05, 4.69) is 5.32 Å². The molecule has 5 heteroatoms. The fourth-order valence-corrected chi connectivity index (χ4v) is 1.81. The second kappa shape index (κ2) is 5.95. The number of aliphatic hydroxyl groups is 1. The summed E-state index contributed by atoms with van der Waals surface area (Å²) in [4.78, 5) is 0. The van der Waals surface area contributed by atoms with Crippen molar-refractivity contribution < 1.29 is 18.3 Å². The van der Waals surface area contributed by atoms with Crippen molar-refractivity contribution in [3.8, 4) is 0 Å². The maximum absolute atomic E-state index is 13.4. The summed E-state index contributed by atoms with van der Waals surface area (Å²) >= 11 is 0. The predicted octanol–water partition coefficient (Wildman–Crippen LogP) is 2.94. The summed E-state index contributed by atoms with van der Waals surface area (Å²) < 4.78 is 31.7. The number of halogens is 2. The smallest absolute Gasteiger partial charge is 0.129 e. The molecule has 19 heavy (non-hydrogen) atoms. The lowest BCUT2D eigenvalue weighted by atomic mass is 10.1. The molecule has 0 saturated heterocycles. The van der Waals surface area contributed by atoms with Crippen molar-refractivity contribution in [2.75, 3.05) is 6.54 Å². The standard InChI is InChI=1S/C14H15F2NO2/c1-9(14-3-2-6-19-14)17-8-13(18)11-7-10(15)4-5-12(11)16/h2-7,9,13,17-18H,8H2,1H3. The predicted molar refractivity (Wildman–Crippen MR) is 66.4 cm³/mol. The van der Waals surface area contributed by atoms with Crippen molar-refractivity contribution in [1.29, 1.82) is 0 Å². The average Bonchev–Trinajstić information content (AvgIpc) is 2.92. The van der Waals surface area contributed by atoms with Crippen LogP contribution in [0.4, 0.5) is 8.78 Å². The van der Waals surface area contributed by atoms with Crippen molar-refractivity contribution in [3.05, 3.63) is 59.6 Å². The lowest BCUT2D eigenvalue weighted by Crippen LogP contribution is -2.25. The minimum atomic E-state index is -1.12. The number of hydrogen-bond donors (Lipinski definition) is 2. The molecular weight excluding hydrogens is 252 g/mol. The van der Waals surface area contributed by atoms with Gasteiger partial charge in [-0.05, 0) is 37.3 Å². The fourth-order valence-electron chi connectivity index (χ4n) is 1.81. The van der Waals surface area contributed by atoms with Crippen LogP contribution in [-0.2, 0) is 0 Å². The highest BCUT2D eigenvalue weighted by molar-refractivity contribution is 5.21. The number of hydrogen-bond acceptors (Lipinski definition) is 3. The van der Waals surface area contributed by atoms with Crippen LogP contribution in [0.15, 0.2) is 41.0 Å². The first kappa shape index (κ1) is 13.7. The van der Waals surface area contributed by atoms with Crippen LogP contribution in [0.3, 0.4) is 0 Å². The van der Waals surface area contributed by atoms with Crippen LogP contribution in [0, 0.1) is 11.6 Å². The Morgan fingerprint density at radius 2 is 2.11 bits per heavy atom. The van der Waals surface area contributed by atoms with Gasteiger partial charge >= 0.3 is 0 Å². The molecule has 0 amide bonds. The molecule has 1 heterocycles. The Kier molecular flexibility index (Phi) is 4.29. The van der Waals surface area contributed by atoms with Crippen molar-refractivity contribution in [2.24, 2.45) is 0 Å². The number of benzene rings is 1. The maximum Gasteiger partial charge on any atom is 0.129 e. The summed E-state index contributed by atoms with van der Waals surface area (Å²) in [6, 6.07) is 6.46. The number of nitrogens with one attached hydrogen (secondary N) is 1. The van der Waals surface area contributed by atoms with Crippen LogP contribution < -0.4 is 5.32 Å². The molecule has 2 aromatic rings. The third kappa shape index (κ3) is 3.39. The van der Waals surface area contributed by atoms with E-state index in [0.717, 1.165) is 18.2 Å². The van der Waals surface area contributed by atoms with E-state index in [1.54, 1.807) is 18.4 Å². The van der Waals surface area contributed by atoms with Crippen LogP contribution in [0.1, 0.15) is 30.4 Å². The molecule has 1 aromatic carbocycles. The van der Waals surface area contributed by atoms with Gasteiger partial charge in [-0.25, -0.2) is 8.78 Å². The number of furan rings is 1. The molecule has 2 unspecified atom stereocenters. The normalized spacial score (nSPS) is 14.3. The number of rotatable bonds is 5. The highest BCUT2D eigenvalue weighted by Gasteiger charge is 2.16. The molecule has 3 nitrogen and oxygen atoms in total. The zero-order valence-corrected chi connectivity index (χ0v) is 10.4. The molecule has 1 aromatic heterocycles. The zero-order valence-electron chi connectivity index (χ0n) is 10.4. The summed E-state index contributed by atoms with van der Waals surface area (Å²) in [6.45, 7) is 1.95. The van der Waals surface area contributed by atoms with Gasteiger partial charge < -0.3 is 14.8 Å². The highest BCUT2D eigenvalue weighted by Crippen LogP contribution is 2.19. The Morgan fingerprint density at radius 3 is 2.79 bits per heavy atom. The van der Waals surface area contributed by atoms with E-state index < -0.39 is 17.7 Å². The molecule has 0 saturated carbocycles. The molecule has 2 rings (SSSR count). The Morgan fingerprint density at radius 1 is 1.32 bits per heavy atom. The summed E-state index contributed by atoms with van der Waals surface area (Å²) in [5.74, 6) is -0.484. The molecule has 0 aliphatic heterocycles. The van der Waals surface area contributed by atoms with Crippen LogP contribution in [0.25, 0.3) is 0 Å². The molecule has 0 bridgehead atoms. The average molecular weight is 267 g/mol. The Labute approximate surface area is 109 Å². The maximum atomic E-state index is 13.4. The van der Waals surface area contributed by atoms with E-state index in [9.17, 15) is 13.9 Å². The van der Waals surface area contributed by atoms with Gasteiger partial charge in [0.25, 0.3) is 0 Å². The van der Waals surface area contributed by atoms with Gasteiger partial charge in [0, 0.05) is 12.1 Å². The van der Waals surface area contributed by atoms with Gasteiger partial charge in [0.1, 0.15) is 17.4 Å². The van der Waals surface area contributed by atoms with Crippen molar-refractivity contribution in [1.82, 2.24) is 5.32 Å². The number of aliphatic hydroxyl groups excluding tert-OH is 1. The molecule has 0 aliphatic carbocycles. The lowest BCUT2D eigenvalue weighted by molar-refractivity contribution is 0.164. The minimum absolute atomic E-state index is 0.0563. The van der Waals surface area contributed by atoms with Gasteiger partial charge in [0.05, 0.1) is 18.4 Å². The van der Waals surface area contributed by atoms with E-state index in [0.29, 0.717) is 5.76 Å². The first-order valence-electron chi connectivity index (χ1n) is 5.97. The zero-order chi connectivity index (χ0) is 13.8. The van der Waals surface area contributed by atoms with Crippen LogP contribution in [-0.4, -0.2) is 11.7 Å². The molecule has 2 N–H and O–H groups in total. The molecular formula is C14H15F2NO2. The van der Waals surface area contributed by atoms with Gasteiger partial charge in [-0.3, -0.25) is 0 Å². The first-order chi connectivity index (χ1) is 9.08. The van der Waals surface area contributed by atoms with E-state index in [1.165, 1.54) is 0 Å². The molecule has 2 atom stereocenters. The monoisotopic (exact) mass is 267 g/mol. The summed E-state index contributed by atoms with van der Waals surface area (Å²) in [6.07, 6.45) is 0.434. The quantitative estimate of drug-likeness (QED) is 0.875. The Balaban J connectivity index is 1.97. The SMILES string of the molecule is CC(NCC(O)c1cc(F)ccc1F)c1ccco1. The van der Waals surface area contributed by atoms with Crippen molar-refractivity contribution >= 4 is 0 Å². The summed E-state index contributed by atoms with van der Waals surface area (Å²) in [7, 11) is 0. The molecule has 0 aliphatic rings.